The fourth-order valence-electron chi connectivity index (χ4n) is 4.59. The van der Waals surface area contributed by atoms with Crippen LogP contribution >= 0.6 is 0 Å². The van der Waals surface area contributed by atoms with E-state index in [-0.39, 0.29) is 41.5 Å². The van der Waals surface area contributed by atoms with Crippen LogP contribution in [0.5, 0.6) is 0 Å². The molecular formula is C27H31N3O3. The number of carbonyl (C=O) groups excluding carboxylic acids is 3. The van der Waals surface area contributed by atoms with Crippen LogP contribution in [0.4, 0.5) is 5.69 Å². The quantitative estimate of drug-likeness (QED) is 0.650. The van der Waals surface area contributed by atoms with Crippen LogP contribution in [0.25, 0.3) is 0 Å². The molecule has 2 N–H and O–H groups in total. The van der Waals surface area contributed by atoms with Crippen molar-refractivity contribution in [1.29, 1.82) is 0 Å². The first-order chi connectivity index (χ1) is 15.9. The summed E-state index contributed by atoms with van der Waals surface area (Å²) in [7, 11) is 0. The third-order valence-corrected chi connectivity index (χ3v) is 6.60. The maximum absolute atomic E-state index is 13.2. The lowest BCUT2D eigenvalue weighted by molar-refractivity contribution is -0.139. The van der Waals surface area contributed by atoms with E-state index in [1.165, 1.54) is 10.6 Å². The lowest BCUT2D eigenvalue weighted by Gasteiger charge is -2.38. The molecule has 0 bridgehead atoms. The van der Waals surface area contributed by atoms with Crippen molar-refractivity contribution in [2.45, 2.75) is 46.1 Å². The van der Waals surface area contributed by atoms with Crippen molar-refractivity contribution in [3.63, 3.8) is 0 Å². The molecule has 0 spiro atoms. The Morgan fingerprint density at radius 2 is 1.76 bits per heavy atom. The van der Waals surface area contributed by atoms with Gasteiger partial charge in [-0.05, 0) is 54.5 Å². The summed E-state index contributed by atoms with van der Waals surface area (Å²) in [5, 5.41) is 4.44. The maximum atomic E-state index is 13.2. The Morgan fingerprint density at radius 1 is 1.06 bits per heavy atom. The largest absolute Gasteiger partial charge is 0.345 e. The van der Waals surface area contributed by atoms with Gasteiger partial charge in [0.2, 0.25) is 11.8 Å². The average Bonchev–Trinajstić information content (AvgIpc) is 2.84. The number of hydrazine groups is 1. The third-order valence-electron chi connectivity index (χ3n) is 6.60. The minimum atomic E-state index is -0.363. The highest BCUT2D eigenvalue weighted by Gasteiger charge is 2.42. The number of fused-ring (bicyclic) bond motifs is 1. The number of hydrogen-bond acceptors (Lipinski definition) is 3. The van der Waals surface area contributed by atoms with Crippen molar-refractivity contribution in [3.8, 4) is 0 Å². The van der Waals surface area contributed by atoms with Gasteiger partial charge in [0.15, 0.2) is 0 Å². The van der Waals surface area contributed by atoms with E-state index in [0.717, 1.165) is 12.0 Å². The lowest BCUT2D eigenvalue weighted by atomic mass is 9.80. The van der Waals surface area contributed by atoms with Crippen LogP contribution in [-0.2, 0) is 16.0 Å². The summed E-state index contributed by atoms with van der Waals surface area (Å²) < 4.78 is 0. The van der Waals surface area contributed by atoms with Crippen LogP contribution in [0.2, 0.25) is 0 Å². The van der Waals surface area contributed by atoms with E-state index in [0.29, 0.717) is 24.1 Å². The van der Waals surface area contributed by atoms with Gasteiger partial charge in [-0.2, -0.15) is 0 Å². The topological polar surface area (TPSA) is 78.5 Å². The highest BCUT2D eigenvalue weighted by atomic mass is 16.2. The Bertz CT molecular complexity index is 1070. The predicted octanol–water partition coefficient (Wildman–Crippen LogP) is 4.34. The smallest absolute Gasteiger partial charge is 0.251 e. The van der Waals surface area contributed by atoms with E-state index < -0.39 is 0 Å². The maximum Gasteiger partial charge on any atom is 0.251 e. The van der Waals surface area contributed by atoms with Crippen LogP contribution < -0.4 is 15.8 Å². The van der Waals surface area contributed by atoms with Crippen molar-refractivity contribution in [3.05, 3.63) is 77.4 Å². The number of amides is 3. The summed E-state index contributed by atoms with van der Waals surface area (Å²) in [6.07, 6.45) is 6.01. The van der Waals surface area contributed by atoms with E-state index in [2.05, 4.69) is 55.8 Å². The van der Waals surface area contributed by atoms with E-state index >= 15 is 0 Å². The van der Waals surface area contributed by atoms with E-state index in [4.69, 9.17) is 0 Å². The van der Waals surface area contributed by atoms with Gasteiger partial charge in [0, 0.05) is 5.56 Å². The number of aryl methyl sites for hydroxylation is 1. The van der Waals surface area contributed by atoms with Gasteiger partial charge in [0.1, 0.15) is 0 Å². The number of allylic oxidation sites excluding steroid dienone is 2. The molecule has 1 heterocycles. The Hall–Kier alpha value is -3.41. The van der Waals surface area contributed by atoms with Gasteiger partial charge >= 0.3 is 0 Å². The minimum Gasteiger partial charge on any atom is -0.345 e. The summed E-state index contributed by atoms with van der Waals surface area (Å²) in [6.45, 7) is 6.27. The molecule has 0 radical (unpaired) electrons. The number of benzene rings is 2. The van der Waals surface area contributed by atoms with Gasteiger partial charge in [-0.3, -0.25) is 19.8 Å². The molecule has 1 saturated heterocycles. The van der Waals surface area contributed by atoms with Crippen molar-refractivity contribution in [1.82, 2.24) is 10.7 Å². The number of anilines is 1. The lowest BCUT2D eigenvalue weighted by Crippen LogP contribution is -2.59. The number of rotatable bonds is 6. The van der Waals surface area contributed by atoms with Gasteiger partial charge in [-0.25, -0.2) is 5.01 Å². The molecule has 1 aliphatic heterocycles. The monoisotopic (exact) mass is 445 g/mol. The molecule has 1 fully saturated rings. The minimum absolute atomic E-state index is 0.141. The zero-order valence-corrected chi connectivity index (χ0v) is 19.4. The SMILES string of the molecule is CCc1ccc(C(NC(=O)c2cccc(N3NC(=O)C4CC=CCC4C3=O)c2)C(C)C)cc1. The second-order valence-corrected chi connectivity index (χ2v) is 9.15. The Kier molecular flexibility index (Phi) is 6.63. The summed E-state index contributed by atoms with van der Waals surface area (Å²) in [5.41, 5.74) is 5.96. The molecule has 4 rings (SSSR count). The molecular weight excluding hydrogens is 414 g/mol. The number of carbonyl (C=O) groups is 3. The van der Waals surface area contributed by atoms with Crippen LogP contribution in [0.15, 0.2) is 60.7 Å². The Balaban J connectivity index is 1.54. The summed E-state index contributed by atoms with van der Waals surface area (Å²) in [5.74, 6) is -1.01. The molecule has 2 aromatic carbocycles. The van der Waals surface area contributed by atoms with Crippen LogP contribution in [0.3, 0.4) is 0 Å². The normalized spacial score (nSPS) is 20.9. The molecule has 2 aliphatic rings. The van der Waals surface area contributed by atoms with Crippen molar-refractivity contribution in [2.75, 3.05) is 5.01 Å². The van der Waals surface area contributed by atoms with Crippen LogP contribution in [0, 0.1) is 17.8 Å². The van der Waals surface area contributed by atoms with Crippen LogP contribution in [0.1, 0.15) is 61.1 Å². The van der Waals surface area contributed by atoms with Crippen molar-refractivity contribution in [2.24, 2.45) is 17.8 Å². The fraction of sp³-hybridized carbons (Fsp3) is 0.370. The molecule has 2 aromatic rings. The Morgan fingerprint density at radius 3 is 2.42 bits per heavy atom. The van der Waals surface area contributed by atoms with Gasteiger partial charge in [0.25, 0.3) is 5.91 Å². The molecule has 6 nitrogen and oxygen atoms in total. The van der Waals surface area contributed by atoms with Gasteiger partial charge in [-0.1, -0.05) is 63.3 Å². The highest BCUT2D eigenvalue weighted by Crippen LogP contribution is 2.32. The highest BCUT2D eigenvalue weighted by molar-refractivity contribution is 6.05. The fourth-order valence-corrected chi connectivity index (χ4v) is 4.59. The molecule has 1 aliphatic carbocycles. The van der Waals surface area contributed by atoms with E-state index in [9.17, 15) is 14.4 Å². The molecule has 33 heavy (non-hydrogen) atoms. The molecule has 0 saturated carbocycles. The van der Waals surface area contributed by atoms with Crippen molar-refractivity contribution >= 4 is 23.4 Å². The number of nitrogens with zero attached hydrogens (tertiary/aromatic N) is 1. The number of nitrogens with one attached hydrogen (secondary N) is 2. The standard InChI is InChI=1S/C27H31N3O3/c1-4-18-12-14-19(15-13-18)24(17(2)3)28-25(31)20-8-7-9-21(16-20)30-27(33)23-11-6-5-10-22(23)26(32)29-30/h5-9,12-17,22-24H,4,10-11H2,1-3H3,(H,28,31)(H,29,32). The van der Waals surface area contributed by atoms with Gasteiger partial charge in [0.05, 0.1) is 23.6 Å². The number of hydrogen-bond donors (Lipinski definition) is 2. The zero-order chi connectivity index (χ0) is 23.5. The second kappa shape index (κ2) is 9.61. The zero-order valence-electron chi connectivity index (χ0n) is 19.4. The first-order valence-electron chi connectivity index (χ1n) is 11.7. The van der Waals surface area contributed by atoms with E-state index in [1.54, 1.807) is 24.3 Å². The molecule has 6 heteroatoms. The van der Waals surface area contributed by atoms with Crippen molar-refractivity contribution < 1.29 is 14.4 Å². The first-order valence-corrected chi connectivity index (χ1v) is 11.7. The second-order valence-electron chi connectivity index (χ2n) is 9.15. The first kappa shape index (κ1) is 22.8. The van der Waals surface area contributed by atoms with E-state index in [1.807, 2.05) is 12.2 Å². The molecule has 3 atom stereocenters. The molecule has 3 unspecified atom stereocenters. The van der Waals surface area contributed by atoms with Crippen LogP contribution in [-0.4, -0.2) is 17.7 Å². The predicted molar refractivity (Wildman–Crippen MR) is 128 cm³/mol. The molecule has 172 valence electrons. The summed E-state index contributed by atoms with van der Waals surface area (Å²) >= 11 is 0. The van der Waals surface area contributed by atoms with Gasteiger partial charge < -0.3 is 5.32 Å². The summed E-state index contributed by atoms with van der Waals surface area (Å²) in [4.78, 5) is 38.8. The molecule has 3 amide bonds. The Labute approximate surface area is 195 Å². The van der Waals surface area contributed by atoms with Gasteiger partial charge in [-0.15, -0.1) is 0 Å². The average molecular weight is 446 g/mol. The summed E-state index contributed by atoms with van der Waals surface area (Å²) in [6, 6.07) is 15.0. The third kappa shape index (κ3) is 4.70. The molecule has 0 aromatic heterocycles.